The lowest BCUT2D eigenvalue weighted by Crippen LogP contribution is -2.37. The van der Waals surface area contributed by atoms with E-state index in [1.54, 1.807) is 11.1 Å². The van der Waals surface area contributed by atoms with Gasteiger partial charge >= 0.3 is 6.09 Å². The fraction of sp³-hybridized carbons (Fsp3) is 0.478. The number of anilines is 1. The predicted octanol–water partition coefficient (Wildman–Crippen LogP) is 2.71. The van der Waals surface area contributed by atoms with E-state index in [4.69, 9.17) is 4.74 Å². The van der Waals surface area contributed by atoms with Crippen LogP contribution in [0.25, 0.3) is 0 Å². The zero-order valence-electron chi connectivity index (χ0n) is 18.2. The number of nitrogens with zero attached hydrogens (tertiary/aromatic N) is 4. The van der Waals surface area contributed by atoms with Crippen molar-refractivity contribution in [2.24, 2.45) is 11.8 Å². The molecule has 0 radical (unpaired) electrons. The molecule has 0 unspecified atom stereocenters. The van der Waals surface area contributed by atoms with E-state index in [0.29, 0.717) is 43.0 Å². The lowest BCUT2D eigenvalue weighted by atomic mass is 10.0. The maximum Gasteiger partial charge on any atom is 0.410 e. The molecule has 1 aromatic carbocycles. The predicted molar refractivity (Wildman–Crippen MR) is 117 cm³/mol. The van der Waals surface area contributed by atoms with Crippen LogP contribution in [0.15, 0.2) is 42.7 Å². The summed E-state index contributed by atoms with van der Waals surface area (Å²) in [5.74, 6) is 1.19. The third-order valence-electron chi connectivity index (χ3n) is 5.61. The Labute approximate surface area is 182 Å². The van der Waals surface area contributed by atoms with Gasteiger partial charge in [0.2, 0.25) is 0 Å². The minimum atomic E-state index is -0.488. The first-order chi connectivity index (χ1) is 14.8. The Bertz CT molecular complexity index is 930. The summed E-state index contributed by atoms with van der Waals surface area (Å²) < 4.78 is 5.50. The van der Waals surface area contributed by atoms with Crippen LogP contribution in [-0.4, -0.2) is 58.6 Å². The summed E-state index contributed by atoms with van der Waals surface area (Å²) in [6.07, 6.45) is 2.94. The third-order valence-corrected chi connectivity index (χ3v) is 5.61. The number of likely N-dealkylation sites (tertiary alicyclic amines) is 1. The van der Waals surface area contributed by atoms with Crippen LogP contribution in [0.2, 0.25) is 0 Å². The highest BCUT2D eigenvalue weighted by atomic mass is 16.6. The largest absolute Gasteiger partial charge is 0.444 e. The van der Waals surface area contributed by atoms with Gasteiger partial charge in [-0.3, -0.25) is 9.78 Å². The van der Waals surface area contributed by atoms with E-state index in [2.05, 4.69) is 20.2 Å². The molecule has 2 fully saturated rings. The van der Waals surface area contributed by atoms with Gasteiger partial charge in [0.25, 0.3) is 5.91 Å². The number of amides is 2. The summed E-state index contributed by atoms with van der Waals surface area (Å²) in [4.78, 5) is 37.6. The van der Waals surface area contributed by atoms with Crippen LogP contribution in [0.5, 0.6) is 0 Å². The molecule has 0 bridgehead atoms. The smallest absolute Gasteiger partial charge is 0.410 e. The van der Waals surface area contributed by atoms with Crippen LogP contribution in [-0.2, 0) is 11.3 Å². The standard InChI is InChI=1S/C23H29N5O3/c1-23(2,3)31-22(30)28-14-17-12-27(13-18(17)15-28)20-11-24-10-19(26-20)21(29)25-9-16-7-5-4-6-8-16/h4-8,10-11,17-18H,9,12-15H2,1-3H3,(H,25,29)/t17-,18+. The summed E-state index contributed by atoms with van der Waals surface area (Å²) in [5.41, 5.74) is 0.848. The van der Waals surface area contributed by atoms with Crippen molar-refractivity contribution in [3.8, 4) is 0 Å². The van der Waals surface area contributed by atoms with E-state index in [1.165, 1.54) is 6.20 Å². The zero-order chi connectivity index (χ0) is 22.0. The van der Waals surface area contributed by atoms with E-state index in [9.17, 15) is 9.59 Å². The number of hydrogen-bond donors (Lipinski definition) is 1. The van der Waals surface area contributed by atoms with Gasteiger partial charge < -0.3 is 19.9 Å². The van der Waals surface area contributed by atoms with E-state index in [-0.39, 0.29) is 12.0 Å². The second-order valence-electron chi connectivity index (χ2n) is 9.24. The Morgan fingerprint density at radius 2 is 1.74 bits per heavy atom. The summed E-state index contributed by atoms with van der Waals surface area (Å²) in [5, 5.41) is 2.89. The Hall–Kier alpha value is -3.16. The van der Waals surface area contributed by atoms with Crippen molar-refractivity contribution in [3.05, 3.63) is 54.0 Å². The minimum absolute atomic E-state index is 0.242. The van der Waals surface area contributed by atoms with Gasteiger partial charge in [0.15, 0.2) is 0 Å². The second-order valence-corrected chi connectivity index (χ2v) is 9.24. The Balaban J connectivity index is 1.34. The highest BCUT2D eigenvalue weighted by molar-refractivity contribution is 5.92. The molecule has 0 saturated carbocycles. The quantitative estimate of drug-likeness (QED) is 0.814. The van der Waals surface area contributed by atoms with E-state index >= 15 is 0 Å². The van der Waals surface area contributed by atoms with Gasteiger partial charge in [0.1, 0.15) is 17.1 Å². The lowest BCUT2D eigenvalue weighted by Gasteiger charge is -2.26. The van der Waals surface area contributed by atoms with Crippen LogP contribution >= 0.6 is 0 Å². The normalized spacial score (nSPS) is 20.5. The fourth-order valence-corrected chi connectivity index (χ4v) is 4.14. The first-order valence-corrected chi connectivity index (χ1v) is 10.7. The van der Waals surface area contributed by atoms with Crippen molar-refractivity contribution < 1.29 is 14.3 Å². The van der Waals surface area contributed by atoms with Crippen LogP contribution in [0.4, 0.5) is 10.6 Å². The molecule has 31 heavy (non-hydrogen) atoms. The molecule has 2 aliphatic heterocycles. The van der Waals surface area contributed by atoms with Crippen LogP contribution < -0.4 is 10.2 Å². The zero-order valence-corrected chi connectivity index (χ0v) is 18.2. The number of nitrogens with one attached hydrogen (secondary N) is 1. The Morgan fingerprint density at radius 1 is 1.06 bits per heavy atom. The highest BCUT2D eigenvalue weighted by Crippen LogP contribution is 2.33. The van der Waals surface area contributed by atoms with Crippen LogP contribution in [0.3, 0.4) is 0 Å². The number of carbonyl (C=O) groups is 2. The molecule has 0 spiro atoms. The molecule has 2 amide bonds. The third kappa shape index (κ3) is 5.13. The number of fused-ring (bicyclic) bond motifs is 1. The molecular formula is C23H29N5O3. The van der Waals surface area contributed by atoms with Crippen LogP contribution in [0, 0.1) is 11.8 Å². The molecule has 8 nitrogen and oxygen atoms in total. The van der Waals surface area contributed by atoms with Gasteiger partial charge in [0, 0.05) is 44.6 Å². The Morgan fingerprint density at radius 3 is 2.39 bits per heavy atom. The molecule has 164 valence electrons. The van der Waals surface area contributed by atoms with Gasteiger partial charge in [-0.1, -0.05) is 30.3 Å². The van der Waals surface area contributed by atoms with Crippen molar-refractivity contribution in [2.45, 2.75) is 32.9 Å². The Kier molecular flexibility index (Phi) is 5.80. The van der Waals surface area contributed by atoms with Crippen molar-refractivity contribution in [3.63, 3.8) is 0 Å². The summed E-state index contributed by atoms with van der Waals surface area (Å²) in [6.45, 7) is 9.02. The average molecular weight is 424 g/mol. The highest BCUT2D eigenvalue weighted by Gasteiger charge is 2.43. The number of carbonyl (C=O) groups excluding carboxylic acids is 2. The molecule has 0 aliphatic carbocycles. The van der Waals surface area contributed by atoms with Gasteiger partial charge in [-0.05, 0) is 26.3 Å². The molecule has 2 saturated heterocycles. The van der Waals surface area contributed by atoms with Gasteiger partial charge in [-0.25, -0.2) is 9.78 Å². The summed E-state index contributed by atoms with van der Waals surface area (Å²) in [6, 6.07) is 9.75. The fourth-order valence-electron chi connectivity index (χ4n) is 4.14. The summed E-state index contributed by atoms with van der Waals surface area (Å²) >= 11 is 0. The molecule has 4 rings (SSSR count). The van der Waals surface area contributed by atoms with Crippen molar-refractivity contribution in [1.82, 2.24) is 20.2 Å². The van der Waals surface area contributed by atoms with Gasteiger partial charge in [0.05, 0.1) is 12.4 Å². The molecule has 2 aliphatic rings. The maximum atomic E-state index is 12.5. The molecule has 3 heterocycles. The van der Waals surface area contributed by atoms with Crippen LogP contribution in [0.1, 0.15) is 36.8 Å². The molecule has 2 aromatic rings. The molecule has 1 aromatic heterocycles. The average Bonchev–Trinajstić information content (AvgIpc) is 3.31. The monoisotopic (exact) mass is 423 g/mol. The number of rotatable bonds is 4. The van der Waals surface area contributed by atoms with Crippen molar-refractivity contribution in [1.29, 1.82) is 0 Å². The van der Waals surface area contributed by atoms with E-state index in [1.807, 2.05) is 51.1 Å². The summed E-state index contributed by atoms with van der Waals surface area (Å²) in [7, 11) is 0. The number of benzene rings is 1. The first kappa shape index (κ1) is 21.1. The topological polar surface area (TPSA) is 87.7 Å². The van der Waals surface area contributed by atoms with E-state index in [0.717, 1.165) is 18.7 Å². The maximum absolute atomic E-state index is 12.5. The van der Waals surface area contributed by atoms with Crippen molar-refractivity contribution >= 4 is 17.8 Å². The molecule has 2 atom stereocenters. The second kappa shape index (κ2) is 8.53. The van der Waals surface area contributed by atoms with Crippen molar-refractivity contribution in [2.75, 3.05) is 31.1 Å². The molecule has 8 heteroatoms. The van der Waals surface area contributed by atoms with Gasteiger partial charge in [-0.15, -0.1) is 0 Å². The number of hydrogen-bond acceptors (Lipinski definition) is 6. The first-order valence-electron chi connectivity index (χ1n) is 10.7. The number of aromatic nitrogens is 2. The lowest BCUT2D eigenvalue weighted by molar-refractivity contribution is 0.0282. The van der Waals surface area contributed by atoms with Gasteiger partial charge in [-0.2, -0.15) is 0 Å². The van der Waals surface area contributed by atoms with E-state index < -0.39 is 5.60 Å². The minimum Gasteiger partial charge on any atom is -0.444 e. The molecule has 1 N–H and O–H groups in total. The number of ether oxygens (including phenoxy) is 1. The SMILES string of the molecule is CC(C)(C)OC(=O)N1C[C@@H]2CN(c3cncc(C(=O)NCc4ccccc4)n3)C[C@@H]2C1. The molecular weight excluding hydrogens is 394 g/mol.